The number of amides is 1. The molecule has 22 heavy (non-hydrogen) atoms. The van der Waals surface area contributed by atoms with Crippen LogP contribution in [-0.4, -0.2) is 54.7 Å². The Kier molecular flexibility index (Phi) is 3.65. The van der Waals surface area contributed by atoms with E-state index in [-0.39, 0.29) is 10.8 Å². The Hall–Kier alpha value is -1.93. The van der Waals surface area contributed by atoms with Crippen molar-refractivity contribution in [1.82, 2.24) is 14.2 Å². The van der Waals surface area contributed by atoms with E-state index < -0.39 is 10.0 Å². The molecule has 1 aliphatic rings. The molecule has 2 heterocycles. The van der Waals surface area contributed by atoms with Crippen LogP contribution in [0.5, 0.6) is 0 Å². The van der Waals surface area contributed by atoms with Gasteiger partial charge in [0, 0.05) is 40.0 Å². The first-order chi connectivity index (χ1) is 10.4. The molecular weight excluding hydrogens is 306 g/mol. The zero-order valence-corrected chi connectivity index (χ0v) is 13.3. The molecule has 7 nitrogen and oxygen atoms in total. The van der Waals surface area contributed by atoms with Crippen molar-refractivity contribution in [3.8, 4) is 0 Å². The maximum atomic E-state index is 12.7. The number of fused-ring (bicyclic) bond motifs is 1. The molecule has 0 aliphatic carbocycles. The van der Waals surface area contributed by atoms with Gasteiger partial charge >= 0.3 is 0 Å². The summed E-state index contributed by atoms with van der Waals surface area (Å²) in [6.07, 6.45) is 0. The van der Waals surface area contributed by atoms with Crippen LogP contribution in [-0.2, 0) is 14.8 Å². The number of benzene rings is 1. The monoisotopic (exact) mass is 323 g/mol. The largest absolute Gasteiger partial charge is 0.441 e. The van der Waals surface area contributed by atoms with Gasteiger partial charge in [-0.1, -0.05) is 0 Å². The highest BCUT2D eigenvalue weighted by Gasteiger charge is 2.29. The highest BCUT2D eigenvalue weighted by atomic mass is 32.2. The average molecular weight is 323 g/mol. The SMILES string of the molecule is CC(=O)N1CCN(S(=O)(=O)c2ccc3oc(C)nc3c2)CC1. The van der Waals surface area contributed by atoms with E-state index in [0.29, 0.717) is 43.2 Å². The maximum absolute atomic E-state index is 12.7. The Morgan fingerprint density at radius 3 is 2.55 bits per heavy atom. The molecule has 1 aromatic heterocycles. The highest BCUT2D eigenvalue weighted by Crippen LogP contribution is 2.23. The van der Waals surface area contributed by atoms with Gasteiger partial charge < -0.3 is 9.32 Å². The first kappa shape index (κ1) is 15.0. The molecule has 0 atom stereocenters. The Morgan fingerprint density at radius 2 is 1.91 bits per heavy atom. The second-order valence-electron chi connectivity index (χ2n) is 5.27. The minimum Gasteiger partial charge on any atom is -0.441 e. The van der Waals surface area contributed by atoms with Crippen LogP contribution in [0.3, 0.4) is 0 Å². The molecule has 0 bridgehead atoms. The molecule has 1 saturated heterocycles. The van der Waals surface area contributed by atoms with Crippen molar-refractivity contribution in [2.24, 2.45) is 0 Å². The summed E-state index contributed by atoms with van der Waals surface area (Å²) >= 11 is 0. The lowest BCUT2D eigenvalue weighted by molar-refractivity contribution is -0.129. The van der Waals surface area contributed by atoms with Gasteiger partial charge in [0.15, 0.2) is 11.5 Å². The fourth-order valence-corrected chi connectivity index (χ4v) is 4.02. The lowest BCUT2D eigenvalue weighted by atomic mass is 10.3. The van der Waals surface area contributed by atoms with Gasteiger partial charge in [-0.3, -0.25) is 4.79 Å². The number of oxazole rings is 1. The minimum absolute atomic E-state index is 0.0310. The second kappa shape index (κ2) is 5.36. The van der Waals surface area contributed by atoms with Crippen molar-refractivity contribution in [1.29, 1.82) is 0 Å². The normalized spacial score (nSPS) is 17.1. The third kappa shape index (κ3) is 2.59. The van der Waals surface area contributed by atoms with E-state index in [9.17, 15) is 13.2 Å². The Bertz CT molecular complexity index is 820. The second-order valence-corrected chi connectivity index (χ2v) is 7.21. The van der Waals surface area contributed by atoms with E-state index >= 15 is 0 Å². The predicted octanol–water partition coefficient (Wildman–Crippen LogP) is 0.989. The molecule has 8 heteroatoms. The van der Waals surface area contributed by atoms with Crippen LogP contribution in [0.25, 0.3) is 11.1 Å². The highest BCUT2D eigenvalue weighted by molar-refractivity contribution is 7.89. The number of sulfonamides is 1. The van der Waals surface area contributed by atoms with Crippen LogP contribution in [0.15, 0.2) is 27.5 Å². The number of hydrogen-bond donors (Lipinski definition) is 0. The molecule has 0 radical (unpaired) electrons. The molecule has 0 N–H and O–H groups in total. The van der Waals surface area contributed by atoms with Gasteiger partial charge in [-0.2, -0.15) is 4.31 Å². The zero-order valence-electron chi connectivity index (χ0n) is 12.4. The molecule has 3 rings (SSSR count). The average Bonchev–Trinajstić information content (AvgIpc) is 2.86. The first-order valence-corrected chi connectivity index (χ1v) is 8.45. The Balaban J connectivity index is 1.87. The molecule has 0 spiro atoms. The molecule has 0 unspecified atom stereocenters. The lowest BCUT2D eigenvalue weighted by Crippen LogP contribution is -2.49. The standard InChI is InChI=1S/C14H17N3O4S/c1-10-15-13-9-12(3-4-14(13)21-10)22(19,20)17-7-5-16(6-8-17)11(2)18/h3-4,9H,5-8H2,1-2H3. The molecule has 1 aliphatic heterocycles. The van der Waals surface area contributed by atoms with Crippen molar-refractivity contribution in [2.45, 2.75) is 18.7 Å². The molecule has 118 valence electrons. The summed E-state index contributed by atoms with van der Waals surface area (Å²) in [5.41, 5.74) is 1.10. The zero-order chi connectivity index (χ0) is 15.9. The third-order valence-electron chi connectivity index (χ3n) is 3.79. The molecule has 2 aromatic rings. The fraction of sp³-hybridized carbons (Fsp3) is 0.429. The number of aryl methyl sites for hydroxylation is 1. The number of nitrogens with zero attached hydrogens (tertiary/aromatic N) is 3. The van der Waals surface area contributed by atoms with Gasteiger partial charge in [0.2, 0.25) is 15.9 Å². The van der Waals surface area contributed by atoms with Crippen LogP contribution in [0.4, 0.5) is 0 Å². The predicted molar refractivity (Wildman–Crippen MR) is 79.8 cm³/mol. The summed E-state index contributed by atoms with van der Waals surface area (Å²) in [4.78, 5) is 17.3. The molecule has 1 fully saturated rings. The quantitative estimate of drug-likeness (QED) is 0.823. The fourth-order valence-electron chi connectivity index (χ4n) is 2.58. The number of carbonyl (C=O) groups excluding carboxylic acids is 1. The van der Waals surface area contributed by atoms with E-state index in [4.69, 9.17) is 4.42 Å². The number of piperazine rings is 1. The van der Waals surface area contributed by atoms with Crippen molar-refractivity contribution < 1.29 is 17.6 Å². The Morgan fingerprint density at radius 1 is 1.23 bits per heavy atom. The summed E-state index contributed by atoms with van der Waals surface area (Å²) in [5.74, 6) is 0.469. The van der Waals surface area contributed by atoms with Crippen LogP contribution >= 0.6 is 0 Å². The first-order valence-electron chi connectivity index (χ1n) is 7.01. The number of hydrogen-bond acceptors (Lipinski definition) is 5. The maximum Gasteiger partial charge on any atom is 0.243 e. The molecule has 1 aromatic carbocycles. The van der Waals surface area contributed by atoms with E-state index in [1.807, 2.05) is 0 Å². The molecular formula is C14H17N3O4S. The number of rotatable bonds is 2. The summed E-state index contributed by atoms with van der Waals surface area (Å²) in [6, 6.07) is 4.67. The number of carbonyl (C=O) groups is 1. The number of aromatic nitrogens is 1. The van der Waals surface area contributed by atoms with E-state index in [1.54, 1.807) is 17.9 Å². The summed E-state index contributed by atoms with van der Waals surface area (Å²) in [7, 11) is -3.58. The van der Waals surface area contributed by atoms with E-state index in [0.717, 1.165) is 0 Å². The van der Waals surface area contributed by atoms with Gasteiger partial charge in [-0.25, -0.2) is 13.4 Å². The summed E-state index contributed by atoms with van der Waals surface area (Å²) < 4.78 is 32.1. The van der Waals surface area contributed by atoms with Gasteiger partial charge in [0.1, 0.15) is 5.52 Å². The molecule has 1 amide bonds. The van der Waals surface area contributed by atoms with Crippen LogP contribution in [0, 0.1) is 6.92 Å². The van der Waals surface area contributed by atoms with Gasteiger partial charge in [-0.05, 0) is 18.2 Å². The van der Waals surface area contributed by atoms with Crippen LogP contribution < -0.4 is 0 Å². The lowest BCUT2D eigenvalue weighted by Gasteiger charge is -2.33. The van der Waals surface area contributed by atoms with E-state index in [1.165, 1.54) is 23.4 Å². The third-order valence-corrected chi connectivity index (χ3v) is 5.68. The topological polar surface area (TPSA) is 83.7 Å². The van der Waals surface area contributed by atoms with E-state index in [2.05, 4.69) is 4.98 Å². The van der Waals surface area contributed by atoms with Crippen molar-refractivity contribution >= 4 is 27.0 Å². The Labute approximate surface area is 128 Å². The smallest absolute Gasteiger partial charge is 0.243 e. The van der Waals surface area contributed by atoms with Crippen LogP contribution in [0.1, 0.15) is 12.8 Å². The van der Waals surface area contributed by atoms with Crippen molar-refractivity contribution in [2.75, 3.05) is 26.2 Å². The van der Waals surface area contributed by atoms with Gasteiger partial charge in [0.05, 0.1) is 4.90 Å². The molecule has 0 saturated carbocycles. The summed E-state index contributed by atoms with van der Waals surface area (Å²) in [5, 5.41) is 0. The minimum atomic E-state index is -3.58. The van der Waals surface area contributed by atoms with Crippen molar-refractivity contribution in [3.63, 3.8) is 0 Å². The summed E-state index contributed by atoms with van der Waals surface area (Å²) in [6.45, 7) is 4.65. The van der Waals surface area contributed by atoms with Gasteiger partial charge in [-0.15, -0.1) is 0 Å². The van der Waals surface area contributed by atoms with Crippen LogP contribution in [0.2, 0.25) is 0 Å². The van der Waals surface area contributed by atoms with Gasteiger partial charge in [0.25, 0.3) is 0 Å². The van der Waals surface area contributed by atoms with Crippen molar-refractivity contribution in [3.05, 3.63) is 24.1 Å².